The van der Waals surface area contributed by atoms with Crippen LogP contribution >= 0.6 is 0 Å². The molecule has 1 aromatic heterocycles. The van der Waals surface area contributed by atoms with Crippen LogP contribution in [0.5, 0.6) is 0 Å². The lowest BCUT2D eigenvalue weighted by molar-refractivity contribution is -0.152. The summed E-state index contributed by atoms with van der Waals surface area (Å²) in [6.45, 7) is 8.81. The normalized spacial score (nSPS) is 26.0. The molecule has 144 valence electrons. The number of carbonyl (C=O) groups is 2. The Kier molecular flexibility index (Phi) is 6.10. The van der Waals surface area contributed by atoms with Gasteiger partial charge in [0.05, 0.1) is 17.9 Å². The molecule has 7 nitrogen and oxygen atoms in total. The highest BCUT2D eigenvalue weighted by molar-refractivity contribution is 5.69. The van der Waals surface area contributed by atoms with Crippen molar-refractivity contribution in [3.8, 4) is 0 Å². The highest BCUT2D eigenvalue weighted by Gasteiger charge is 2.40. The second-order valence-corrected chi connectivity index (χ2v) is 7.98. The lowest BCUT2D eigenvalue weighted by Crippen LogP contribution is -2.52. The highest BCUT2D eigenvalue weighted by atomic mass is 16.6. The number of aromatic nitrogens is 1. The number of pyridine rings is 1. The summed E-state index contributed by atoms with van der Waals surface area (Å²) in [6, 6.07) is 1.55. The summed E-state index contributed by atoms with van der Waals surface area (Å²) in [5.41, 5.74) is 7.12. The number of hydrogen-bond acceptors (Lipinski definition) is 6. The molecule has 3 N–H and O–H groups in total. The van der Waals surface area contributed by atoms with Crippen LogP contribution in [-0.2, 0) is 14.3 Å². The smallest absolute Gasteiger partial charge is 0.408 e. The molecule has 4 atom stereocenters. The molecular formula is C19H29N3O4. The first-order chi connectivity index (χ1) is 12.1. The number of alkyl carbamates (subject to hydrolysis) is 1. The summed E-state index contributed by atoms with van der Waals surface area (Å²) in [4.78, 5) is 27.8. The second kappa shape index (κ2) is 7.93. The Morgan fingerprint density at radius 3 is 2.58 bits per heavy atom. The largest absolute Gasteiger partial charge is 0.460 e. The van der Waals surface area contributed by atoms with E-state index in [4.69, 9.17) is 15.2 Å². The molecule has 1 fully saturated rings. The van der Waals surface area contributed by atoms with E-state index in [0.29, 0.717) is 12.1 Å². The molecule has 1 saturated carbocycles. The van der Waals surface area contributed by atoms with Gasteiger partial charge in [0.25, 0.3) is 0 Å². The van der Waals surface area contributed by atoms with Crippen molar-refractivity contribution in [3.63, 3.8) is 0 Å². The Bertz CT molecular complexity index is 656. The van der Waals surface area contributed by atoms with Gasteiger partial charge in [-0.3, -0.25) is 9.78 Å². The number of ether oxygens (including phenoxy) is 2. The molecule has 0 spiro atoms. The molecule has 1 aliphatic carbocycles. The second-order valence-electron chi connectivity index (χ2n) is 7.98. The topological polar surface area (TPSA) is 104 Å². The maximum absolute atomic E-state index is 12.3. The summed E-state index contributed by atoms with van der Waals surface area (Å²) in [5.74, 6) is -0.162. The van der Waals surface area contributed by atoms with Crippen LogP contribution in [0.1, 0.15) is 58.9 Å². The number of nitrogens with zero attached hydrogens (tertiary/aromatic N) is 1. The van der Waals surface area contributed by atoms with E-state index in [9.17, 15) is 9.59 Å². The van der Waals surface area contributed by atoms with Crippen molar-refractivity contribution in [2.75, 3.05) is 5.73 Å². The van der Waals surface area contributed by atoms with E-state index in [0.717, 1.165) is 12.0 Å². The molecular weight excluding hydrogens is 334 g/mol. The fraction of sp³-hybridized carbons (Fsp3) is 0.632. The first-order valence-corrected chi connectivity index (χ1v) is 8.93. The monoisotopic (exact) mass is 363 g/mol. The summed E-state index contributed by atoms with van der Waals surface area (Å²) >= 11 is 0. The zero-order valence-corrected chi connectivity index (χ0v) is 16.1. The lowest BCUT2D eigenvalue weighted by Gasteiger charge is -2.40. The Hall–Kier alpha value is -2.31. The van der Waals surface area contributed by atoms with Gasteiger partial charge in [-0.05, 0) is 57.1 Å². The van der Waals surface area contributed by atoms with E-state index in [1.54, 1.807) is 33.2 Å². The SMILES string of the molecule is CC(=O)O[C@H]1[C@@H](NC(=O)OC(C)(C)C)C[C@H](c2ccncc2N)C[C@@H]1C. The Morgan fingerprint density at radius 1 is 1.31 bits per heavy atom. The molecule has 1 aromatic rings. The standard InChI is InChI=1S/C19H29N3O4/c1-11-8-13(14-6-7-21-10-15(14)20)9-16(17(11)25-12(2)23)22-18(24)26-19(3,4)5/h6-7,10-11,13,16-17H,8-9,20H2,1-5H3,(H,22,24)/t11-,13+,16-,17+/m0/s1. The number of esters is 1. The van der Waals surface area contributed by atoms with E-state index in [1.807, 2.05) is 13.0 Å². The third kappa shape index (κ3) is 5.34. The van der Waals surface area contributed by atoms with Gasteiger partial charge in [-0.2, -0.15) is 0 Å². The number of rotatable bonds is 3. The minimum Gasteiger partial charge on any atom is -0.460 e. The van der Waals surface area contributed by atoms with Crippen LogP contribution in [-0.4, -0.2) is 34.8 Å². The van der Waals surface area contributed by atoms with Crippen LogP contribution in [0.3, 0.4) is 0 Å². The molecule has 0 radical (unpaired) electrons. The van der Waals surface area contributed by atoms with Gasteiger partial charge in [-0.1, -0.05) is 6.92 Å². The maximum Gasteiger partial charge on any atom is 0.408 e. The maximum atomic E-state index is 12.3. The van der Waals surface area contributed by atoms with Crippen LogP contribution in [0.15, 0.2) is 18.5 Å². The van der Waals surface area contributed by atoms with Gasteiger partial charge < -0.3 is 20.5 Å². The third-order valence-corrected chi connectivity index (χ3v) is 4.48. The summed E-state index contributed by atoms with van der Waals surface area (Å²) in [6.07, 6.45) is 3.84. The quantitative estimate of drug-likeness (QED) is 0.800. The number of nitrogens with one attached hydrogen (secondary N) is 1. The van der Waals surface area contributed by atoms with E-state index >= 15 is 0 Å². The van der Waals surface area contributed by atoms with E-state index in [-0.39, 0.29) is 23.8 Å². The van der Waals surface area contributed by atoms with E-state index in [2.05, 4.69) is 10.3 Å². The molecule has 0 bridgehead atoms. The van der Waals surface area contributed by atoms with Gasteiger partial charge in [-0.15, -0.1) is 0 Å². The molecule has 1 amide bonds. The summed E-state index contributed by atoms with van der Waals surface area (Å²) in [5, 5.41) is 2.89. The van der Waals surface area contributed by atoms with Crippen LogP contribution in [0, 0.1) is 5.92 Å². The van der Waals surface area contributed by atoms with Gasteiger partial charge in [-0.25, -0.2) is 4.79 Å². The molecule has 1 aliphatic rings. The van der Waals surface area contributed by atoms with Crippen LogP contribution in [0.4, 0.5) is 10.5 Å². The number of carbonyl (C=O) groups excluding carboxylic acids is 2. The molecule has 2 rings (SSSR count). The zero-order valence-electron chi connectivity index (χ0n) is 16.1. The Labute approximate surface area is 154 Å². The number of hydrogen-bond donors (Lipinski definition) is 2. The van der Waals surface area contributed by atoms with E-state index < -0.39 is 17.8 Å². The number of nitrogen functional groups attached to an aromatic ring is 1. The average molecular weight is 363 g/mol. The minimum absolute atomic E-state index is 0.0603. The fourth-order valence-electron chi connectivity index (χ4n) is 3.55. The first-order valence-electron chi connectivity index (χ1n) is 8.93. The molecule has 0 aliphatic heterocycles. The minimum atomic E-state index is -0.601. The Morgan fingerprint density at radius 2 is 2.00 bits per heavy atom. The van der Waals surface area contributed by atoms with Crippen LogP contribution in [0.2, 0.25) is 0 Å². The van der Waals surface area contributed by atoms with Gasteiger partial charge in [0.2, 0.25) is 0 Å². The van der Waals surface area contributed by atoms with Crippen molar-refractivity contribution in [3.05, 3.63) is 24.0 Å². The predicted molar refractivity (Wildman–Crippen MR) is 98.5 cm³/mol. The molecule has 26 heavy (non-hydrogen) atoms. The molecule has 1 heterocycles. The zero-order chi connectivity index (χ0) is 19.5. The fourth-order valence-corrected chi connectivity index (χ4v) is 3.55. The lowest BCUT2D eigenvalue weighted by atomic mass is 9.74. The van der Waals surface area contributed by atoms with Crippen molar-refractivity contribution < 1.29 is 19.1 Å². The van der Waals surface area contributed by atoms with Crippen molar-refractivity contribution in [2.45, 2.75) is 71.1 Å². The van der Waals surface area contributed by atoms with Crippen molar-refractivity contribution in [1.29, 1.82) is 0 Å². The van der Waals surface area contributed by atoms with Gasteiger partial charge in [0.15, 0.2) is 0 Å². The van der Waals surface area contributed by atoms with Gasteiger partial charge in [0.1, 0.15) is 11.7 Å². The highest BCUT2D eigenvalue weighted by Crippen LogP contribution is 2.39. The molecule has 0 aromatic carbocycles. The van der Waals surface area contributed by atoms with Crippen LogP contribution < -0.4 is 11.1 Å². The van der Waals surface area contributed by atoms with Crippen molar-refractivity contribution >= 4 is 17.7 Å². The van der Waals surface area contributed by atoms with Crippen molar-refractivity contribution in [2.24, 2.45) is 5.92 Å². The van der Waals surface area contributed by atoms with E-state index in [1.165, 1.54) is 6.92 Å². The third-order valence-electron chi connectivity index (χ3n) is 4.48. The number of nitrogens with two attached hydrogens (primary N) is 1. The Balaban J connectivity index is 2.21. The first kappa shape index (κ1) is 20.0. The number of anilines is 1. The summed E-state index contributed by atoms with van der Waals surface area (Å²) < 4.78 is 10.9. The molecule has 7 heteroatoms. The summed E-state index contributed by atoms with van der Waals surface area (Å²) in [7, 11) is 0. The van der Waals surface area contributed by atoms with Gasteiger partial charge in [0, 0.05) is 13.1 Å². The number of amides is 1. The average Bonchev–Trinajstić information content (AvgIpc) is 2.48. The molecule has 0 saturated heterocycles. The van der Waals surface area contributed by atoms with Gasteiger partial charge >= 0.3 is 12.1 Å². The molecule has 0 unspecified atom stereocenters. The van der Waals surface area contributed by atoms with Crippen LogP contribution in [0.25, 0.3) is 0 Å². The predicted octanol–water partition coefficient (Wildman–Crippen LogP) is 3.00. The van der Waals surface area contributed by atoms with Crippen molar-refractivity contribution in [1.82, 2.24) is 10.3 Å².